The molecule has 0 N–H and O–H groups in total. The summed E-state index contributed by atoms with van der Waals surface area (Å²) in [7, 11) is 0. The fraction of sp³-hybridized carbons (Fsp3) is 0.240. The van der Waals surface area contributed by atoms with Gasteiger partial charge in [-0.1, -0.05) is 23.7 Å². The van der Waals surface area contributed by atoms with Crippen LogP contribution in [0.3, 0.4) is 0 Å². The molecular weight excluding hydrogens is 454 g/mol. The molecule has 0 fully saturated rings. The predicted octanol–water partition coefficient (Wildman–Crippen LogP) is 3.65. The minimum atomic E-state index is -0.550. The second-order valence-corrected chi connectivity index (χ2v) is 8.10. The van der Waals surface area contributed by atoms with E-state index in [0.717, 1.165) is 5.56 Å². The van der Waals surface area contributed by atoms with Crippen molar-refractivity contribution in [1.29, 1.82) is 5.26 Å². The molecule has 3 aromatic heterocycles. The number of pyridine rings is 2. The third-order valence-corrected chi connectivity index (χ3v) is 5.61. The van der Waals surface area contributed by atoms with Gasteiger partial charge in [-0.25, -0.2) is 4.98 Å². The summed E-state index contributed by atoms with van der Waals surface area (Å²) >= 11 is 6.03. The Morgan fingerprint density at radius 1 is 1.24 bits per heavy atom. The summed E-state index contributed by atoms with van der Waals surface area (Å²) in [4.78, 5) is 35.3. The Kier molecular flexibility index (Phi) is 6.87. The summed E-state index contributed by atoms with van der Waals surface area (Å²) in [5.41, 5.74) is 1.90. The minimum absolute atomic E-state index is 0.103. The first kappa shape index (κ1) is 23.4. The predicted molar refractivity (Wildman–Crippen MR) is 129 cm³/mol. The highest BCUT2D eigenvalue weighted by atomic mass is 35.5. The molecule has 0 unspecified atom stereocenters. The number of hydrogen-bond acceptors (Lipinski definition) is 5. The Morgan fingerprint density at radius 2 is 2.06 bits per heavy atom. The highest BCUT2D eigenvalue weighted by Crippen LogP contribution is 2.14. The van der Waals surface area contributed by atoms with Gasteiger partial charge in [0.15, 0.2) is 5.49 Å². The Balaban J connectivity index is 2.04. The molecule has 0 saturated carbocycles. The molecule has 1 amide bonds. The van der Waals surface area contributed by atoms with E-state index in [1.165, 1.54) is 16.5 Å². The van der Waals surface area contributed by atoms with E-state index in [1.807, 2.05) is 19.9 Å². The first-order valence-electron chi connectivity index (χ1n) is 10.8. The van der Waals surface area contributed by atoms with E-state index in [9.17, 15) is 14.9 Å². The topological polar surface area (TPSA) is 102 Å². The second-order valence-electron chi connectivity index (χ2n) is 7.66. The van der Waals surface area contributed by atoms with Crippen LogP contribution in [-0.4, -0.2) is 33.1 Å². The van der Waals surface area contributed by atoms with Crippen LogP contribution in [0, 0.1) is 18.3 Å². The van der Waals surface area contributed by atoms with Crippen LogP contribution in [0.5, 0.6) is 0 Å². The van der Waals surface area contributed by atoms with Gasteiger partial charge in [-0.05, 0) is 56.2 Å². The number of halogens is 1. The summed E-state index contributed by atoms with van der Waals surface area (Å²) < 4.78 is 8.58. The Morgan fingerprint density at radius 3 is 2.79 bits per heavy atom. The second kappa shape index (κ2) is 10.00. The standard InChI is InChI=1S/C25H22ClN5O3/c1-3-34-12-6-11-30-22(29-24(32)17-8-4-9-19(26)13-17)18(15-27)14-20-23(30)28-21-16(2)7-5-10-31(21)25(20)33/h4-5,7-10,13-14H,3,6,11-12H2,1-2H3. The zero-order chi connectivity index (χ0) is 24.2. The average Bonchev–Trinajstić information content (AvgIpc) is 2.83. The number of aromatic nitrogens is 3. The molecule has 0 aliphatic carbocycles. The molecule has 3 heterocycles. The lowest BCUT2D eigenvalue weighted by Crippen LogP contribution is -2.30. The van der Waals surface area contributed by atoms with Crippen molar-refractivity contribution in [3.05, 3.63) is 86.2 Å². The van der Waals surface area contributed by atoms with Gasteiger partial charge in [-0.15, -0.1) is 0 Å². The van der Waals surface area contributed by atoms with E-state index >= 15 is 0 Å². The van der Waals surface area contributed by atoms with Crippen LogP contribution in [0.1, 0.15) is 34.8 Å². The van der Waals surface area contributed by atoms with E-state index in [1.54, 1.807) is 35.0 Å². The van der Waals surface area contributed by atoms with E-state index in [0.29, 0.717) is 48.1 Å². The molecule has 8 nitrogen and oxygen atoms in total. The number of rotatable bonds is 6. The molecule has 0 aliphatic rings. The van der Waals surface area contributed by atoms with Crippen LogP contribution >= 0.6 is 11.6 Å². The largest absolute Gasteiger partial charge is 0.382 e. The molecule has 172 valence electrons. The maximum Gasteiger partial charge on any atom is 0.279 e. The van der Waals surface area contributed by atoms with Crippen molar-refractivity contribution in [1.82, 2.24) is 14.0 Å². The van der Waals surface area contributed by atoms with Crippen molar-refractivity contribution in [2.24, 2.45) is 4.99 Å². The van der Waals surface area contributed by atoms with E-state index in [2.05, 4.69) is 11.1 Å². The number of aryl methyl sites for hydroxylation is 2. The van der Waals surface area contributed by atoms with Crippen molar-refractivity contribution in [2.45, 2.75) is 26.8 Å². The average molecular weight is 476 g/mol. The molecule has 4 rings (SSSR count). The van der Waals surface area contributed by atoms with Gasteiger partial charge >= 0.3 is 0 Å². The maximum absolute atomic E-state index is 13.3. The number of amides is 1. The lowest BCUT2D eigenvalue weighted by Gasteiger charge is -2.14. The quantitative estimate of drug-likeness (QED) is 0.313. The number of carbonyl (C=O) groups excluding carboxylic acids is 1. The van der Waals surface area contributed by atoms with E-state index < -0.39 is 5.91 Å². The van der Waals surface area contributed by atoms with Crippen molar-refractivity contribution in [3.8, 4) is 6.07 Å². The molecule has 0 radical (unpaired) electrons. The van der Waals surface area contributed by atoms with Crippen LogP contribution in [0.4, 0.5) is 0 Å². The lowest BCUT2D eigenvalue weighted by atomic mass is 10.2. The molecule has 0 spiro atoms. The summed E-state index contributed by atoms with van der Waals surface area (Å²) in [5.74, 6) is -0.550. The molecule has 0 aliphatic heterocycles. The van der Waals surface area contributed by atoms with Crippen LogP contribution in [0.25, 0.3) is 16.7 Å². The third-order valence-electron chi connectivity index (χ3n) is 5.38. The number of benzene rings is 1. The van der Waals surface area contributed by atoms with Crippen LogP contribution in [0.15, 0.2) is 58.4 Å². The third kappa shape index (κ3) is 4.49. The first-order valence-corrected chi connectivity index (χ1v) is 11.2. The number of nitrogens with zero attached hydrogens (tertiary/aromatic N) is 5. The molecule has 0 atom stereocenters. The first-order chi connectivity index (χ1) is 16.4. The molecule has 0 bridgehead atoms. The van der Waals surface area contributed by atoms with Crippen molar-refractivity contribution in [2.75, 3.05) is 13.2 Å². The summed E-state index contributed by atoms with van der Waals surface area (Å²) in [6, 6.07) is 13.6. The normalized spacial score (nSPS) is 11.8. The van der Waals surface area contributed by atoms with Crippen LogP contribution in [-0.2, 0) is 11.3 Å². The SMILES string of the molecule is CCOCCCn1c(=NC(=O)c2cccc(Cl)c2)c(C#N)cc2c(=O)n3cccc(C)c3nc21. The number of fused-ring (bicyclic) bond motifs is 2. The van der Waals surface area contributed by atoms with Crippen molar-refractivity contribution < 1.29 is 9.53 Å². The summed E-state index contributed by atoms with van der Waals surface area (Å²) in [5, 5.41) is 10.6. The lowest BCUT2D eigenvalue weighted by molar-refractivity contribution is 0.0997. The smallest absolute Gasteiger partial charge is 0.279 e. The Hall–Kier alpha value is -3.80. The zero-order valence-corrected chi connectivity index (χ0v) is 19.5. The fourth-order valence-electron chi connectivity index (χ4n) is 3.75. The van der Waals surface area contributed by atoms with E-state index in [4.69, 9.17) is 21.3 Å². The summed E-state index contributed by atoms with van der Waals surface area (Å²) in [6.07, 6.45) is 2.22. The molecular formula is C25H22ClN5O3. The van der Waals surface area contributed by atoms with Crippen molar-refractivity contribution in [3.63, 3.8) is 0 Å². The fourth-order valence-corrected chi connectivity index (χ4v) is 3.94. The Labute approximate surface area is 200 Å². The minimum Gasteiger partial charge on any atom is -0.382 e. The van der Waals surface area contributed by atoms with Gasteiger partial charge < -0.3 is 9.30 Å². The number of carbonyl (C=O) groups is 1. The monoisotopic (exact) mass is 475 g/mol. The number of hydrogen-bond donors (Lipinski definition) is 0. The zero-order valence-electron chi connectivity index (χ0n) is 18.8. The molecule has 34 heavy (non-hydrogen) atoms. The van der Waals surface area contributed by atoms with Crippen LogP contribution < -0.4 is 11.0 Å². The van der Waals surface area contributed by atoms with Gasteiger partial charge in [0, 0.05) is 36.5 Å². The van der Waals surface area contributed by atoms with Gasteiger partial charge in [0.05, 0.1) is 10.9 Å². The van der Waals surface area contributed by atoms with Gasteiger partial charge in [-0.3, -0.25) is 14.0 Å². The highest BCUT2D eigenvalue weighted by molar-refractivity contribution is 6.31. The molecule has 1 aromatic carbocycles. The molecule has 4 aromatic rings. The van der Waals surface area contributed by atoms with Gasteiger partial charge in [-0.2, -0.15) is 10.3 Å². The highest BCUT2D eigenvalue weighted by Gasteiger charge is 2.16. The number of ether oxygens (including phenoxy) is 1. The van der Waals surface area contributed by atoms with Crippen molar-refractivity contribution >= 4 is 34.2 Å². The number of nitriles is 1. The molecule has 0 saturated heterocycles. The van der Waals surface area contributed by atoms with E-state index in [-0.39, 0.29) is 22.0 Å². The maximum atomic E-state index is 13.3. The van der Waals surface area contributed by atoms with Gasteiger partial charge in [0.1, 0.15) is 17.4 Å². The summed E-state index contributed by atoms with van der Waals surface area (Å²) in [6.45, 7) is 5.15. The van der Waals surface area contributed by atoms with Gasteiger partial charge in [0.2, 0.25) is 0 Å². The molecule has 9 heteroatoms. The van der Waals surface area contributed by atoms with Crippen LogP contribution in [0.2, 0.25) is 5.02 Å². The Bertz CT molecular complexity index is 1580. The van der Waals surface area contributed by atoms with Gasteiger partial charge in [0.25, 0.3) is 11.5 Å².